The maximum atomic E-state index is 11.9. The van der Waals surface area contributed by atoms with Gasteiger partial charge in [-0.05, 0) is 12.8 Å². The van der Waals surface area contributed by atoms with Crippen molar-refractivity contribution in [1.29, 1.82) is 0 Å². The standard InChI is InChI=1S/C10H11N3O3/c14-9(7-6-11-3-4-12-7)13-5-1-2-8(13)10(15)16/h3-4,6,8H,1-2,5H2,(H,15,16)/t8-/m0/s1. The molecule has 0 spiro atoms. The van der Waals surface area contributed by atoms with Crippen LogP contribution in [0.15, 0.2) is 18.6 Å². The molecule has 0 radical (unpaired) electrons. The van der Waals surface area contributed by atoms with Crippen molar-refractivity contribution in [3.8, 4) is 0 Å². The predicted molar refractivity (Wildman–Crippen MR) is 53.7 cm³/mol. The van der Waals surface area contributed by atoms with Crippen LogP contribution in [0.3, 0.4) is 0 Å². The topological polar surface area (TPSA) is 83.4 Å². The molecule has 0 aliphatic carbocycles. The van der Waals surface area contributed by atoms with Gasteiger partial charge in [0.1, 0.15) is 11.7 Å². The molecule has 1 fully saturated rings. The van der Waals surface area contributed by atoms with E-state index in [4.69, 9.17) is 5.11 Å². The first-order valence-electron chi connectivity index (χ1n) is 5.00. The van der Waals surface area contributed by atoms with Gasteiger partial charge >= 0.3 is 5.97 Å². The molecule has 2 heterocycles. The van der Waals surface area contributed by atoms with Gasteiger partial charge in [-0.25, -0.2) is 9.78 Å². The van der Waals surface area contributed by atoms with Crippen LogP contribution in [0, 0.1) is 0 Å². The number of aromatic nitrogens is 2. The van der Waals surface area contributed by atoms with Crippen LogP contribution >= 0.6 is 0 Å². The lowest BCUT2D eigenvalue weighted by Gasteiger charge is -2.20. The molecule has 1 aliphatic heterocycles. The molecule has 0 bridgehead atoms. The maximum absolute atomic E-state index is 11.9. The number of carbonyl (C=O) groups excluding carboxylic acids is 1. The second kappa shape index (κ2) is 4.26. The largest absolute Gasteiger partial charge is 0.480 e. The molecule has 16 heavy (non-hydrogen) atoms. The summed E-state index contributed by atoms with van der Waals surface area (Å²) in [6.07, 6.45) is 5.44. The SMILES string of the molecule is O=C(O)[C@@H]1CCCN1C(=O)c1cnccn1. The molecule has 6 heteroatoms. The summed E-state index contributed by atoms with van der Waals surface area (Å²) in [5.74, 6) is -1.33. The lowest BCUT2D eigenvalue weighted by atomic mass is 10.2. The summed E-state index contributed by atoms with van der Waals surface area (Å²) in [6.45, 7) is 0.465. The number of hydrogen-bond donors (Lipinski definition) is 1. The van der Waals surface area contributed by atoms with Crippen LogP contribution in [-0.4, -0.2) is 44.4 Å². The molecule has 1 aromatic heterocycles. The van der Waals surface area contributed by atoms with E-state index in [0.717, 1.165) is 0 Å². The van der Waals surface area contributed by atoms with Crippen molar-refractivity contribution in [3.63, 3.8) is 0 Å². The van der Waals surface area contributed by atoms with Crippen molar-refractivity contribution >= 4 is 11.9 Å². The van der Waals surface area contributed by atoms with E-state index in [1.165, 1.54) is 23.5 Å². The Morgan fingerprint density at radius 2 is 2.25 bits per heavy atom. The molecule has 1 aliphatic rings. The summed E-state index contributed by atoms with van der Waals surface area (Å²) in [4.78, 5) is 31.8. The predicted octanol–water partition coefficient (Wildman–Crippen LogP) is 0.166. The number of nitrogens with zero attached hydrogens (tertiary/aromatic N) is 3. The van der Waals surface area contributed by atoms with Crippen LogP contribution in [0.5, 0.6) is 0 Å². The molecular weight excluding hydrogens is 210 g/mol. The van der Waals surface area contributed by atoms with Gasteiger partial charge in [0, 0.05) is 18.9 Å². The van der Waals surface area contributed by atoms with Crippen molar-refractivity contribution in [3.05, 3.63) is 24.3 Å². The van der Waals surface area contributed by atoms with Gasteiger partial charge in [0.15, 0.2) is 0 Å². The van der Waals surface area contributed by atoms with Crippen LogP contribution in [0.4, 0.5) is 0 Å². The summed E-state index contributed by atoms with van der Waals surface area (Å²) in [6, 6.07) is -0.727. The zero-order chi connectivity index (χ0) is 11.5. The Hall–Kier alpha value is -1.98. The van der Waals surface area contributed by atoms with Crippen LogP contribution in [0.1, 0.15) is 23.3 Å². The lowest BCUT2D eigenvalue weighted by molar-refractivity contribution is -0.141. The van der Waals surface area contributed by atoms with E-state index in [2.05, 4.69) is 9.97 Å². The Morgan fingerprint density at radius 1 is 1.44 bits per heavy atom. The molecule has 1 aromatic rings. The normalized spacial score (nSPS) is 19.8. The molecule has 0 saturated carbocycles. The number of rotatable bonds is 2. The van der Waals surface area contributed by atoms with Crippen molar-refractivity contribution in [2.75, 3.05) is 6.54 Å². The van der Waals surface area contributed by atoms with E-state index in [1.807, 2.05) is 0 Å². The highest BCUT2D eigenvalue weighted by molar-refractivity contribution is 5.95. The molecule has 84 valence electrons. The van der Waals surface area contributed by atoms with Crippen LogP contribution in [-0.2, 0) is 4.79 Å². The number of likely N-dealkylation sites (tertiary alicyclic amines) is 1. The van der Waals surface area contributed by atoms with Gasteiger partial charge in [-0.15, -0.1) is 0 Å². The first-order chi connectivity index (χ1) is 7.70. The number of amides is 1. The average Bonchev–Trinajstić information content (AvgIpc) is 2.78. The Kier molecular flexibility index (Phi) is 2.80. The monoisotopic (exact) mass is 221 g/mol. The van der Waals surface area contributed by atoms with Crippen LogP contribution in [0.25, 0.3) is 0 Å². The fraction of sp³-hybridized carbons (Fsp3) is 0.400. The Bertz CT molecular complexity index is 407. The Morgan fingerprint density at radius 3 is 2.88 bits per heavy atom. The fourth-order valence-electron chi connectivity index (χ4n) is 1.82. The molecule has 1 N–H and O–H groups in total. The third-order valence-electron chi connectivity index (χ3n) is 2.58. The van der Waals surface area contributed by atoms with Crippen molar-refractivity contribution < 1.29 is 14.7 Å². The number of hydrogen-bond acceptors (Lipinski definition) is 4. The third-order valence-corrected chi connectivity index (χ3v) is 2.58. The molecule has 6 nitrogen and oxygen atoms in total. The summed E-state index contributed by atoms with van der Waals surface area (Å²) < 4.78 is 0. The van der Waals surface area contributed by atoms with Crippen molar-refractivity contribution in [1.82, 2.24) is 14.9 Å². The quantitative estimate of drug-likeness (QED) is 0.769. The van der Waals surface area contributed by atoms with E-state index in [0.29, 0.717) is 19.4 Å². The molecule has 1 amide bonds. The van der Waals surface area contributed by atoms with E-state index < -0.39 is 12.0 Å². The van der Waals surface area contributed by atoms with Crippen LogP contribution in [0.2, 0.25) is 0 Å². The molecule has 0 unspecified atom stereocenters. The molecule has 1 atom stereocenters. The van der Waals surface area contributed by atoms with Gasteiger partial charge in [0.25, 0.3) is 5.91 Å². The first-order valence-corrected chi connectivity index (χ1v) is 5.00. The van der Waals surface area contributed by atoms with E-state index in [-0.39, 0.29) is 11.6 Å². The molecule has 2 rings (SSSR count). The van der Waals surface area contributed by atoms with E-state index in [9.17, 15) is 9.59 Å². The number of aliphatic carboxylic acids is 1. The van der Waals surface area contributed by atoms with Gasteiger partial charge in [0.05, 0.1) is 6.20 Å². The minimum atomic E-state index is -0.963. The Labute approximate surface area is 91.9 Å². The van der Waals surface area contributed by atoms with E-state index >= 15 is 0 Å². The summed E-state index contributed by atoms with van der Waals surface area (Å²) in [5, 5.41) is 8.95. The molecule has 0 aromatic carbocycles. The zero-order valence-electron chi connectivity index (χ0n) is 8.54. The molecular formula is C10H11N3O3. The summed E-state index contributed by atoms with van der Waals surface area (Å²) in [5.41, 5.74) is 0.190. The van der Waals surface area contributed by atoms with Gasteiger partial charge in [-0.3, -0.25) is 9.78 Å². The average molecular weight is 221 g/mol. The molecule has 1 saturated heterocycles. The summed E-state index contributed by atoms with van der Waals surface area (Å²) in [7, 11) is 0. The second-order valence-corrected chi connectivity index (χ2v) is 3.59. The summed E-state index contributed by atoms with van der Waals surface area (Å²) >= 11 is 0. The highest BCUT2D eigenvalue weighted by atomic mass is 16.4. The Balaban J connectivity index is 2.19. The van der Waals surface area contributed by atoms with E-state index in [1.54, 1.807) is 0 Å². The number of carboxylic acids is 1. The fourth-order valence-corrected chi connectivity index (χ4v) is 1.82. The zero-order valence-corrected chi connectivity index (χ0v) is 8.54. The number of carbonyl (C=O) groups is 2. The lowest BCUT2D eigenvalue weighted by Crippen LogP contribution is -2.40. The minimum absolute atomic E-state index is 0.190. The minimum Gasteiger partial charge on any atom is -0.480 e. The first kappa shape index (κ1) is 10.5. The highest BCUT2D eigenvalue weighted by Gasteiger charge is 2.34. The van der Waals surface area contributed by atoms with Gasteiger partial charge < -0.3 is 10.0 Å². The number of carboxylic acid groups (broad SMARTS) is 1. The van der Waals surface area contributed by atoms with Gasteiger partial charge in [-0.2, -0.15) is 0 Å². The maximum Gasteiger partial charge on any atom is 0.326 e. The van der Waals surface area contributed by atoms with Crippen LogP contribution < -0.4 is 0 Å². The second-order valence-electron chi connectivity index (χ2n) is 3.59. The van der Waals surface area contributed by atoms with Crippen molar-refractivity contribution in [2.24, 2.45) is 0 Å². The highest BCUT2D eigenvalue weighted by Crippen LogP contribution is 2.19. The third kappa shape index (κ3) is 1.86. The smallest absolute Gasteiger partial charge is 0.326 e. The van der Waals surface area contributed by atoms with Crippen molar-refractivity contribution in [2.45, 2.75) is 18.9 Å². The van der Waals surface area contributed by atoms with Gasteiger partial charge in [-0.1, -0.05) is 0 Å². The van der Waals surface area contributed by atoms with Gasteiger partial charge in [0.2, 0.25) is 0 Å².